The van der Waals surface area contributed by atoms with Gasteiger partial charge in [-0.2, -0.15) is 0 Å². The van der Waals surface area contributed by atoms with Crippen molar-refractivity contribution < 1.29 is 14.2 Å². The van der Waals surface area contributed by atoms with Gasteiger partial charge < -0.3 is 19.5 Å². The zero-order valence-corrected chi connectivity index (χ0v) is 19.3. The monoisotopic (exact) mass is 450 g/mol. The lowest BCUT2D eigenvalue weighted by molar-refractivity contribution is -0.158. The van der Waals surface area contributed by atoms with Crippen molar-refractivity contribution >= 4 is 22.3 Å². The van der Waals surface area contributed by atoms with Crippen LogP contribution in [0.3, 0.4) is 0 Å². The first-order valence-electron chi connectivity index (χ1n) is 12.6. The van der Waals surface area contributed by atoms with Gasteiger partial charge in [-0.3, -0.25) is 4.90 Å². The Morgan fingerprint density at radius 2 is 1.79 bits per heavy atom. The van der Waals surface area contributed by atoms with Crippen molar-refractivity contribution in [2.45, 2.75) is 62.8 Å². The predicted octanol–water partition coefficient (Wildman–Crippen LogP) is 4.00. The molecule has 2 aliphatic carbocycles. The van der Waals surface area contributed by atoms with Crippen LogP contribution in [0.2, 0.25) is 0 Å². The normalized spacial score (nSPS) is 28.2. The number of fused-ring (bicyclic) bond motifs is 1. The van der Waals surface area contributed by atoms with Crippen LogP contribution >= 0.6 is 0 Å². The highest BCUT2D eigenvalue weighted by Gasteiger charge is 2.39. The van der Waals surface area contributed by atoms with Crippen molar-refractivity contribution in [2.75, 3.05) is 44.8 Å². The lowest BCUT2D eigenvalue weighted by atomic mass is 9.88. The molecule has 1 saturated carbocycles. The first kappa shape index (κ1) is 21.5. The minimum atomic E-state index is -0.424. The predicted molar refractivity (Wildman–Crippen MR) is 128 cm³/mol. The third-order valence-corrected chi connectivity index (χ3v) is 7.80. The molecule has 3 fully saturated rings. The summed E-state index contributed by atoms with van der Waals surface area (Å²) >= 11 is 0. The molecule has 2 aliphatic heterocycles. The van der Waals surface area contributed by atoms with Crippen molar-refractivity contribution in [1.82, 2.24) is 14.9 Å². The summed E-state index contributed by atoms with van der Waals surface area (Å²) in [5.74, 6) is 0.531. The fourth-order valence-electron chi connectivity index (χ4n) is 5.97. The molecule has 3 heterocycles. The molecular weight excluding hydrogens is 416 g/mol. The molecule has 2 saturated heterocycles. The molecule has 33 heavy (non-hydrogen) atoms. The number of allylic oxidation sites excluding steroid dienone is 1. The van der Waals surface area contributed by atoms with Crippen LogP contribution < -0.4 is 5.32 Å². The average Bonchev–Trinajstić information content (AvgIpc) is 3.32. The Kier molecular flexibility index (Phi) is 6.05. The molecule has 1 aromatic carbocycles. The Morgan fingerprint density at radius 3 is 2.61 bits per heavy atom. The third-order valence-electron chi connectivity index (χ3n) is 7.80. The molecule has 1 aromatic heterocycles. The smallest absolute Gasteiger partial charge is 0.172 e. The Hall–Kier alpha value is -2.06. The molecule has 7 heteroatoms. The lowest BCUT2D eigenvalue weighted by Gasteiger charge is -2.39. The summed E-state index contributed by atoms with van der Waals surface area (Å²) in [4.78, 5) is 11.8. The highest BCUT2D eigenvalue weighted by Crippen LogP contribution is 2.40. The summed E-state index contributed by atoms with van der Waals surface area (Å²) < 4.78 is 17.5. The summed E-state index contributed by atoms with van der Waals surface area (Å²) in [5, 5.41) is 4.86. The van der Waals surface area contributed by atoms with Crippen molar-refractivity contribution in [1.29, 1.82) is 0 Å². The summed E-state index contributed by atoms with van der Waals surface area (Å²) in [6.45, 7) is 5.30. The second-order valence-corrected chi connectivity index (χ2v) is 9.80. The molecule has 4 aliphatic rings. The fourth-order valence-corrected chi connectivity index (χ4v) is 5.97. The van der Waals surface area contributed by atoms with Gasteiger partial charge in [-0.25, -0.2) is 9.97 Å². The molecule has 0 atom stereocenters. The Bertz CT molecular complexity index is 1010. The van der Waals surface area contributed by atoms with Gasteiger partial charge in [0.25, 0.3) is 0 Å². The minimum Gasteiger partial charge on any atom is -0.379 e. The Balaban J connectivity index is 1.17. The zero-order valence-electron chi connectivity index (χ0n) is 19.3. The summed E-state index contributed by atoms with van der Waals surface area (Å²) in [5.41, 5.74) is 3.50. The van der Waals surface area contributed by atoms with Gasteiger partial charge >= 0.3 is 0 Å². The van der Waals surface area contributed by atoms with Gasteiger partial charge in [0.15, 0.2) is 5.79 Å². The molecule has 6 rings (SSSR count). The quantitative estimate of drug-likeness (QED) is 0.755. The molecule has 2 aromatic rings. The zero-order chi connectivity index (χ0) is 22.1. The van der Waals surface area contributed by atoms with Gasteiger partial charge in [0, 0.05) is 43.4 Å². The molecule has 0 radical (unpaired) electrons. The Morgan fingerprint density at radius 1 is 0.970 bits per heavy atom. The molecule has 1 N–H and O–H groups in total. The first-order valence-corrected chi connectivity index (χ1v) is 12.6. The average molecular weight is 451 g/mol. The SMILES string of the molecule is C1=C(c2ccc3ncnc(N[C@H]4CC[C@H](N5CCOCC5)CC4)c3c2)CC2(CC1)OCCO2. The van der Waals surface area contributed by atoms with E-state index < -0.39 is 5.79 Å². The molecule has 176 valence electrons. The summed E-state index contributed by atoms with van der Waals surface area (Å²) in [6, 6.07) is 7.70. The number of rotatable bonds is 4. The van der Waals surface area contributed by atoms with E-state index in [2.05, 4.69) is 44.5 Å². The highest BCUT2D eigenvalue weighted by atomic mass is 16.7. The van der Waals surface area contributed by atoms with Crippen LogP contribution in [0.25, 0.3) is 16.5 Å². The van der Waals surface area contributed by atoms with Crippen LogP contribution in [0.1, 0.15) is 50.5 Å². The van der Waals surface area contributed by atoms with Crippen LogP contribution in [0.4, 0.5) is 5.82 Å². The van der Waals surface area contributed by atoms with Gasteiger partial charge in [-0.05, 0) is 55.4 Å². The summed E-state index contributed by atoms with van der Waals surface area (Å²) in [6.07, 6.45) is 11.6. The van der Waals surface area contributed by atoms with Crippen LogP contribution in [0.5, 0.6) is 0 Å². The van der Waals surface area contributed by atoms with Gasteiger partial charge in [0.05, 0.1) is 31.9 Å². The van der Waals surface area contributed by atoms with Gasteiger partial charge in [-0.15, -0.1) is 0 Å². The lowest BCUT2D eigenvalue weighted by Crippen LogP contribution is -2.46. The van der Waals surface area contributed by atoms with Gasteiger partial charge in [0.2, 0.25) is 0 Å². The molecule has 0 unspecified atom stereocenters. The van der Waals surface area contributed by atoms with E-state index in [9.17, 15) is 0 Å². The van der Waals surface area contributed by atoms with Crippen LogP contribution in [-0.4, -0.2) is 72.3 Å². The van der Waals surface area contributed by atoms with E-state index >= 15 is 0 Å². The highest BCUT2D eigenvalue weighted by molar-refractivity contribution is 5.91. The van der Waals surface area contributed by atoms with Crippen LogP contribution in [-0.2, 0) is 14.2 Å². The number of nitrogens with one attached hydrogen (secondary N) is 1. The number of aromatic nitrogens is 2. The largest absolute Gasteiger partial charge is 0.379 e. The topological polar surface area (TPSA) is 68.7 Å². The van der Waals surface area contributed by atoms with E-state index in [0.717, 1.165) is 62.3 Å². The summed E-state index contributed by atoms with van der Waals surface area (Å²) in [7, 11) is 0. The number of morpholine rings is 1. The van der Waals surface area contributed by atoms with E-state index in [1.807, 2.05) is 0 Å². The molecular formula is C26H34N4O3. The fraction of sp³-hybridized carbons (Fsp3) is 0.615. The number of anilines is 1. The second-order valence-electron chi connectivity index (χ2n) is 9.80. The van der Waals surface area contributed by atoms with Gasteiger partial charge in [0.1, 0.15) is 12.1 Å². The number of hydrogen-bond acceptors (Lipinski definition) is 7. The maximum Gasteiger partial charge on any atom is 0.172 e. The number of benzene rings is 1. The van der Waals surface area contributed by atoms with Gasteiger partial charge in [-0.1, -0.05) is 12.1 Å². The van der Waals surface area contributed by atoms with Crippen molar-refractivity contribution in [3.05, 3.63) is 36.2 Å². The van der Waals surface area contributed by atoms with Crippen molar-refractivity contribution in [2.24, 2.45) is 0 Å². The van der Waals surface area contributed by atoms with E-state index in [1.165, 1.54) is 36.8 Å². The Labute approximate surface area is 195 Å². The number of hydrogen-bond donors (Lipinski definition) is 1. The van der Waals surface area contributed by atoms with E-state index in [4.69, 9.17) is 14.2 Å². The van der Waals surface area contributed by atoms with Crippen LogP contribution in [0, 0.1) is 0 Å². The number of nitrogens with zero attached hydrogens (tertiary/aromatic N) is 3. The standard InChI is InChI=1S/C26H34N4O3/c1-2-20(17-26(9-1)32-14-15-33-26)19-3-8-24-23(16-19)25(28-18-27-24)29-21-4-6-22(7-5-21)30-10-12-31-13-11-30/h2-3,8,16,18,21-22H,1,4-7,9-15,17H2,(H,27,28,29)/t21-,22-. The second kappa shape index (κ2) is 9.29. The maximum atomic E-state index is 5.99. The van der Waals surface area contributed by atoms with E-state index in [1.54, 1.807) is 6.33 Å². The minimum absolute atomic E-state index is 0.424. The van der Waals surface area contributed by atoms with E-state index in [0.29, 0.717) is 25.3 Å². The molecule has 0 bridgehead atoms. The first-order chi connectivity index (χ1) is 16.3. The molecule has 1 spiro atoms. The van der Waals surface area contributed by atoms with Crippen molar-refractivity contribution in [3.8, 4) is 0 Å². The third kappa shape index (κ3) is 4.52. The maximum absolute atomic E-state index is 5.99. The molecule has 7 nitrogen and oxygen atoms in total. The number of ether oxygens (including phenoxy) is 3. The van der Waals surface area contributed by atoms with Crippen LogP contribution in [0.15, 0.2) is 30.6 Å². The van der Waals surface area contributed by atoms with E-state index in [-0.39, 0.29) is 0 Å². The van der Waals surface area contributed by atoms with Crippen molar-refractivity contribution in [3.63, 3.8) is 0 Å². The molecule has 0 amide bonds.